The third-order valence-electron chi connectivity index (χ3n) is 3.47. The number of benzene rings is 2. The number of hydrogen-bond donors (Lipinski definition) is 1. The zero-order valence-electron chi connectivity index (χ0n) is 11.6. The molecule has 1 amide bonds. The van der Waals surface area contributed by atoms with Crippen LogP contribution in [0.15, 0.2) is 42.5 Å². The van der Waals surface area contributed by atoms with E-state index in [1.165, 1.54) is 16.3 Å². The van der Waals surface area contributed by atoms with E-state index in [4.69, 9.17) is 5.73 Å². The standard InChI is InChI=1S/C17H21NO/c1-12(2)10-14(11-17(18)19)16-9-5-7-13-6-3-4-8-15(13)16/h3-9,12,14H,10-11H2,1-2H3,(H2,18,19). The molecule has 0 bridgehead atoms. The molecule has 100 valence electrons. The highest BCUT2D eigenvalue weighted by Crippen LogP contribution is 2.32. The van der Waals surface area contributed by atoms with Gasteiger partial charge < -0.3 is 5.73 Å². The lowest BCUT2D eigenvalue weighted by atomic mass is 9.85. The van der Waals surface area contributed by atoms with Crippen molar-refractivity contribution in [3.05, 3.63) is 48.0 Å². The van der Waals surface area contributed by atoms with Crippen molar-refractivity contribution >= 4 is 16.7 Å². The second-order valence-electron chi connectivity index (χ2n) is 5.57. The maximum atomic E-state index is 11.3. The van der Waals surface area contributed by atoms with E-state index >= 15 is 0 Å². The minimum absolute atomic E-state index is 0.212. The van der Waals surface area contributed by atoms with Crippen LogP contribution in [0.2, 0.25) is 0 Å². The largest absolute Gasteiger partial charge is 0.370 e. The first-order valence-corrected chi connectivity index (χ1v) is 6.84. The van der Waals surface area contributed by atoms with Gasteiger partial charge in [-0.1, -0.05) is 56.3 Å². The van der Waals surface area contributed by atoms with E-state index in [2.05, 4.69) is 44.2 Å². The molecule has 0 aliphatic carbocycles. The predicted molar refractivity (Wildman–Crippen MR) is 80.0 cm³/mol. The van der Waals surface area contributed by atoms with Crippen LogP contribution in [0.5, 0.6) is 0 Å². The van der Waals surface area contributed by atoms with Gasteiger partial charge in [-0.05, 0) is 34.6 Å². The smallest absolute Gasteiger partial charge is 0.218 e. The molecule has 0 aliphatic heterocycles. The van der Waals surface area contributed by atoms with E-state index in [-0.39, 0.29) is 11.8 Å². The summed E-state index contributed by atoms with van der Waals surface area (Å²) < 4.78 is 0. The van der Waals surface area contributed by atoms with Gasteiger partial charge in [-0.2, -0.15) is 0 Å². The number of hydrogen-bond acceptors (Lipinski definition) is 1. The summed E-state index contributed by atoms with van der Waals surface area (Å²) >= 11 is 0. The first kappa shape index (κ1) is 13.6. The number of carbonyl (C=O) groups excluding carboxylic acids is 1. The first-order valence-electron chi connectivity index (χ1n) is 6.84. The van der Waals surface area contributed by atoms with E-state index in [0.29, 0.717) is 12.3 Å². The molecule has 0 fully saturated rings. The fourth-order valence-corrected chi connectivity index (χ4v) is 2.74. The van der Waals surface area contributed by atoms with Crippen LogP contribution in [-0.2, 0) is 4.79 Å². The molecule has 2 rings (SSSR count). The summed E-state index contributed by atoms with van der Waals surface area (Å²) in [5.74, 6) is 0.533. The van der Waals surface area contributed by atoms with Crippen LogP contribution < -0.4 is 5.73 Å². The zero-order valence-corrected chi connectivity index (χ0v) is 11.6. The highest BCUT2D eigenvalue weighted by molar-refractivity contribution is 5.87. The average molecular weight is 255 g/mol. The van der Waals surface area contributed by atoms with Gasteiger partial charge in [-0.25, -0.2) is 0 Å². The Hall–Kier alpha value is -1.83. The number of nitrogens with two attached hydrogens (primary N) is 1. The van der Waals surface area contributed by atoms with Gasteiger partial charge in [0.05, 0.1) is 0 Å². The van der Waals surface area contributed by atoms with Crippen LogP contribution in [0.1, 0.15) is 38.2 Å². The SMILES string of the molecule is CC(C)CC(CC(N)=O)c1cccc2ccccc12. The van der Waals surface area contributed by atoms with Crippen molar-refractivity contribution in [1.29, 1.82) is 0 Å². The van der Waals surface area contributed by atoms with E-state index in [1.807, 2.05) is 12.1 Å². The van der Waals surface area contributed by atoms with Crippen molar-refractivity contribution in [2.45, 2.75) is 32.6 Å². The summed E-state index contributed by atoms with van der Waals surface area (Å²) in [4.78, 5) is 11.3. The minimum Gasteiger partial charge on any atom is -0.370 e. The van der Waals surface area contributed by atoms with Crippen LogP contribution >= 0.6 is 0 Å². The molecular formula is C17H21NO. The Morgan fingerprint density at radius 1 is 1.11 bits per heavy atom. The summed E-state index contributed by atoms with van der Waals surface area (Å²) in [6.45, 7) is 4.36. The van der Waals surface area contributed by atoms with Gasteiger partial charge in [-0.3, -0.25) is 4.79 Å². The summed E-state index contributed by atoms with van der Waals surface area (Å²) in [5, 5.41) is 2.45. The molecule has 2 nitrogen and oxygen atoms in total. The molecule has 0 radical (unpaired) electrons. The van der Waals surface area contributed by atoms with Gasteiger partial charge in [0.25, 0.3) is 0 Å². The fourth-order valence-electron chi connectivity index (χ4n) is 2.74. The first-order chi connectivity index (χ1) is 9.08. The van der Waals surface area contributed by atoms with Gasteiger partial charge in [0.15, 0.2) is 0 Å². The molecule has 0 saturated carbocycles. The maximum absolute atomic E-state index is 11.3. The Balaban J connectivity index is 2.45. The van der Waals surface area contributed by atoms with Crippen LogP contribution in [0.3, 0.4) is 0 Å². The molecule has 0 aromatic heterocycles. The molecule has 0 spiro atoms. The number of fused-ring (bicyclic) bond motifs is 1. The molecule has 0 saturated heterocycles. The molecule has 0 aliphatic rings. The van der Waals surface area contributed by atoms with Gasteiger partial charge in [-0.15, -0.1) is 0 Å². The molecular weight excluding hydrogens is 234 g/mol. The van der Waals surface area contributed by atoms with E-state index < -0.39 is 0 Å². The Labute approximate surface area is 114 Å². The lowest BCUT2D eigenvalue weighted by Gasteiger charge is -2.20. The summed E-state index contributed by atoms with van der Waals surface area (Å²) in [6.07, 6.45) is 1.41. The average Bonchev–Trinajstić information content (AvgIpc) is 2.36. The molecule has 2 N–H and O–H groups in total. The van der Waals surface area contributed by atoms with Crippen molar-refractivity contribution in [3.63, 3.8) is 0 Å². The second-order valence-corrected chi connectivity index (χ2v) is 5.57. The van der Waals surface area contributed by atoms with Crippen molar-refractivity contribution in [2.75, 3.05) is 0 Å². The highest BCUT2D eigenvalue weighted by Gasteiger charge is 2.18. The van der Waals surface area contributed by atoms with E-state index in [9.17, 15) is 4.79 Å². The third kappa shape index (κ3) is 3.34. The van der Waals surface area contributed by atoms with Crippen LogP contribution in [0, 0.1) is 5.92 Å². The van der Waals surface area contributed by atoms with E-state index in [0.717, 1.165) is 6.42 Å². The maximum Gasteiger partial charge on any atom is 0.218 e. The second kappa shape index (κ2) is 5.87. The van der Waals surface area contributed by atoms with Crippen LogP contribution in [-0.4, -0.2) is 5.91 Å². The van der Waals surface area contributed by atoms with Crippen molar-refractivity contribution < 1.29 is 4.79 Å². The quantitative estimate of drug-likeness (QED) is 0.866. The number of carbonyl (C=O) groups is 1. The summed E-state index contributed by atoms with van der Waals surface area (Å²) in [7, 11) is 0. The lowest BCUT2D eigenvalue weighted by Crippen LogP contribution is -2.16. The molecule has 2 heteroatoms. The molecule has 2 aromatic rings. The Morgan fingerprint density at radius 2 is 1.79 bits per heavy atom. The van der Waals surface area contributed by atoms with Gasteiger partial charge >= 0.3 is 0 Å². The van der Waals surface area contributed by atoms with Crippen LogP contribution in [0.4, 0.5) is 0 Å². The predicted octanol–water partition coefficient (Wildman–Crippen LogP) is 3.84. The van der Waals surface area contributed by atoms with E-state index in [1.54, 1.807) is 0 Å². The lowest BCUT2D eigenvalue weighted by molar-refractivity contribution is -0.118. The number of primary amides is 1. The fraction of sp³-hybridized carbons (Fsp3) is 0.353. The Kier molecular flexibility index (Phi) is 4.20. The van der Waals surface area contributed by atoms with Gasteiger partial charge in [0, 0.05) is 6.42 Å². The van der Waals surface area contributed by atoms with Crippen LogP contribution in [0.25, 0.3) is 10.8 Å². The summed E-state index contributed by atoms with van der Waals surface area (Å²) in [5.41, 5.74) is 6.65. The zero-order chi connectivity index (χ0) is 13.8. The molecule has 19 heavy (non-hydrogen) atoms. The van der Waals surface area contributed by atoms with Crippen molar-refractivity contribution in [3.8, 4) is 0 Å². The number of amides is 1. The monoisotopic (exact) mass is 255 g/mol. The molecule has 1 atom stereocenters. The van der Waals surface area contributed by atoms with Crippen molar-refractivity contribution in [1.82, 2.24) is 0 Å². The Morgan fingerprint density at radius 3 is 2.47 bits per heavy atom. The minimum atomic E-state index is -0.224. The van der Waals surface area contributed by atoms with Crippen molar-refractivity contribution in [2.24, 2.45) is 11.7 Å². The topological polar surface area (TPSA) is 43.1 Å². The normalized spacial score (nSPS) is 12.8. The third-order valence-corrected chi connectivity index (χ3v) is 3.47. The molecule has 1 unspecified atom stereocenters. The van der Waals surface area contributed by atoms with Gasteiger partial charge in [0.2, 0.25) is 5.91 Å². The Bertz CT molecular complexity index is 569. The molecule has 2 aromatic carbocycles. The van der Waals surface area contributed by atoms with Gasteiger partial charge in [0.1, 0.15) is 0 Å². The number of rotatable bonds is 5. The highest BCUT2D eigenvalue weighted by atomic mass is 16.1. The summed E-state index contributed by atoms with van der Waals surface area (Å²) in [6, 6.07) is 14.6. The molecule has 0 heterocycles.